The van der Waals surface area contributed by atoms with Gasteiger partial charge in [-0.1, -0.05) is 30.3 Å². The highest BCUT2D eigenvalue weighted by Crippen LogP contribution is 2.26. The molecule has 2 N–H and O–H groups in total. The molecule has 0 radical (unpaired) electrons. The van der Waals surface area contributed by atoms with Gasteiger partial charge < -0.3 is 5.32 Å². The van der Waals surface area contributed by atoms with E-state index in [2.05, 4.69) is 47.7 Å². The monoisotopic (exact) mass is 337 g/mol. The highest BCUT2D eigenvalue weighted by atomic mass is 32.1. The van der Waals surface area contributed by atoms with Gasteiger partial charge in [0.15, 0.2) is 5.13 Å². The van der Waals surface area contributed by atoms with Crippen LogP contribution in [-0.2, 0) is 0 Å². The molecule has 0 aliphatic rings. The fraction of sp³-hybridized carbons (Fsp3) is 0.158. The van der Waals surface area contributed by atoms with Gasteiger partial charge in [0, 0.05) is 16.6 Å². The highest BCUT2D eigenvalue weighted by molar-refractivity contribution is 7.14. The Labute approximate surface area is 145 Å². The van der Waals surface area contributed by atoms with Crippen molar-refractivity contribution in [2.45, 2.75) is 20.8 Å². The number of nitrogens with zero attached hydrogens (tertiary/aromatic N) is 1. The third-order valence-corrected chi connectivity index (χ3v) is 4.68. The average Bonchev–Trinajstić information content (AvgIpc) is 3.00. The number of anilines is 2. The van der Waals surface area contributed by atoms with Gasteiger partial charge >= 0.3 is 6.03 Å². The standard InChI is InChI=1S/C19H19N3OS/c1-12-8-9-15(10-14(12)3)17-11-24-19(21-17)22-18(23)20-16-7-5-4-6-13(16)2/h4-11H,1-3H3,(H2,20,21,22,23). The van der Waals surface area contributed by atoms with Gasteiger partial charge in [-0.05, 0) is 49.6 Å². The summed E-state index contributed by atoms with van der Waals surface area (Å²) in [5.74, 6) is 0. The second-order valence-corrected chi connectivity index (χ2v) is 6.59. The molecule has 3 aromatic rings. The molecule has 0 bridgehead atoms. The SMILES string of the molecule is Cc1ccc(-c2csc(NC(=O)Nc3ccccc3C)n2)cc1C. The van der Waals surface area contributed by atoms with E-state index in [0.29, 0.717) is 5.13 Å². The van der Waals surface area contributed by atoms with Gasteiger partial charge in [0.05, 0.1) is 5.69 Å². The fourth-order valence-corrected chi connectivity index (χ4v) is 3.04. The number of hydrogen-bond acceptors (Lipinski definition) is 3. The molecule has 4 nitrogen and oxygen atoms in total. The maximum absolute atomic E-state index is 12.1. The van der Waals surface area contributed by atoms with Crippen LogP contribution < -0.4 is 10.6 Å². The first-order chi connectivity index (χ1) is 11.5. The summed E-state index contributed by atoms with van der Waals surface area (Å²) in [6, 6.07) is 13.6. The second-order valence-electron chi connectivity index (χ2n) is 5.73. The van der Waals surface area contributed by atoms with Crippen LogP contribution in [0, 0.1) is 20.8 Å². The summed E-state index contributed by atoms with van der Waals surface area (Å²) in [4.78, 5) is 16.6. The van der Waals surface area contributed by atoms with Gasteiger partial charge in [0.2, 0.25) is 0 Å². The molecular formula is C19H19N3OS. The lowest BCUT2D eigenvalue weighted by molar-refractivity contribution is 0.262. The summed E-state index contributed by atoms with van der Waals surface area (Å²) in [5.41, 5.74) is 6.22. The van der Waals surface area contributed by atoms with Crippen LogP contribution in [0.25, 0.3) is 11.3 Å². The molecular weight excluding hydrogens is 318 g/mol. The van der Waals surface area contributed by atoms with Gasteiger partial charge in [-0.15, -0.1) is 11.3 Å². The number of rotatable bonds is 3. The number of benzene rings is 2. The molecule has 0 fully saturated rings. The quantitative estimate of drug-likeness (QED) is 0.674. The van der Waals surface area contributed by atoms with Gasteiger partial charge in [-0.25, -0.2) is 9.78 Å². The normalized spacial score (nSPS) is 10.5. The van der Waals surface area contributed by atoms with Crippen LogP contribution in [0.15, 0.2) is 47.8 Å². The number of aromatic nitrogens is 1. The summed E-state index contributed by atoms with van der Waals surface area (Å²) in [6.45, 7) is 6.12. The van der Waals surface area contributed by atoms with Gasteiger partial charge in [-0.3, -0.25) is 5.32 Å². The fourth-order valence-electron chi connectivity index (χ4n) is 2.33. The summed E-state index contributed by atoms with van der Waals surface area (Å²) < 4.78 is 0. The van der Waals surface area contributed by atoms with Crippen molar-refractivity contribution in [2.24, 2.45) is 0 Å². The molecule has 3 rings (SSSR count). The third kappa shape index (κ3) is 3.63. The van der Waals surface area contributed by atoms with Crippen molar-refractivity contribution in [1.82, 2.24) is 4.98 Å². The number of hydrogen-bond donors (Lipinski definition) is 2. The molecule has 0 aliphatic heterocycles. The Morgan fingerprint density at radius 3 is 2.50 bits per heavy atom. The zero-order valence-electron chi connectivity index (χ0n) is 13.9. The molecule has 0 saturated carbocycles. The minimum absolute atomic E-state index is 0.287. The number of para-hydroxylation sites is 1. The minimum Gasteiger partial charge on any atom is -0.307 e. The number of carbonyl (C=O) groups excluding carboxylic acids is 1. The van der Waals surface area contributed by atoms with Crippen molar-refractivity contribution < 1.29 is 4.79 Å². The maximum atomic E-state index is 12.1. The Balaban J connectivity index is 1.70. The van der Waals surface area contributed by atoms with Crippen molar-refractivity contribution >= 4 is 28.2 Å². The number of urea groups is 1. The Bertz CT molecular complexity index is 886. The van der Waals surface area contributed by atoms with Crippen LogP contribution in [0.4, 0.5) is 15.6 Å². The first-order valence-electron chi connectivity index (χ1n) is 7.70. The number of aryl methyl sites for hydroxylation is 3. The average molecular weight is 337 g/mol. The molecule has 0 unspecified atom stereocenters. The van der Waals surface area contributed by atoms with E-state index in [-0.39, 0.29) is 6.03 Å². The summed E-state index contributed by atoms with van der Waals surface area (Å²) in [7, 11) is 0. The molecule has 1 aromatic heterocycles. The predicted octanol–water partition coefficient (Wildman–Crippen LogP) is 5.38. The molecule has 0 saturated heterocycles. The highest BCUT2D eigenvalue weighted by Gasteiger charge is 2.09. The number of nitrogens with one attached hydrogen (secondary N) is 2. The van der Waals surface area contributed by atoms with Gasteiger partial charge in [0.25, 0.3) is 0 Å². The smallest absolute Gasteiger partial charge is 0.307 e. The maximum Gasteiger partial charge on any atom is 0.325 e. The largest absolute Gasteiger partial charge is 0.325 e. The number of thiazole rings is 1. The van der Waals surface area contributed by atoms with Crippen LogP contribution in [0.2, 0.25) is 0 Å². The van der Waals surface area contributed by atoms with Crippen molar-refractivity contribution in [3.63, 3.8) is 0 Å². The molecule has 2 amide bonds. The molecule has 5 heteroatoms. The number of carbonyl (C=O) groups is 1. The van der Waals surface area contributed by atoms with Crippen molar-refractivity contribution in [1.29, 1.82) is 0 Å². The lowest BCUT2D eigenvalue weighted by Gasteiger charge is -2.07. The van der Waals surface area contributed by atoms with E-state index in [1.54, 1.807) is 0 Å². The Morgan fingerprint density at radius 1 is 0.958 bits per heavy atom. The molecule has 0 atom stereocenters. The van der Waals surface area contributed by atoms with E-state index in [1.165, 1.54) is 22.5 Å². The topological polar surface area (TPSA) is 54.0 Å². The number of amides is 2. The van der Waals surface area contributed by atoms with Crippen molar-refractivity contribution in [3.8, 4) is 11.3 Å². The van der Waals surface area contributed by atoms with Crippen LogP contribution in [-0.4, -0.2) is 11.0 Å². The van der Waals surface area contributed by atoms with Crippen molar-refractivity contribution in [3.05, 3.63) is 64.5 Å². The molecule has 0 spiro atoms. The molecule has 1 heterocycles. The Kier molecular flexibility index (Phi) is 4.62. The van der Waals surface area contributed by atoms with E-state index in [0.717, 1.165) is 22.5 Å². The predicted molar refractivity (Wildman–Crippen MR) is 101 cm³/mol. The lowest BCUT2D eigenvalue weighted by atomic mass is 10.1. The van der Waals surface area contributed by atoms with Crippen LogP contribution in [0.3, 0.4) is 0 Å². The van der Waals surface area contributed by atoms with E-state index < -0.39 is 0 Å². The van der Waals surface area contributed by atoms with E-state index in [9.17, 15) is 4.79 Å². The molecule has 2 aromatic carbocycles. The first-order valence-corrected chi connectivity index (χ1v) is 8.57. The zero-order chi connectivity index (χ0) is 17.1. The minimum atomic E-state index is -0.287. The summed E-state index contributed by atoms with van der Waals surface area (Å²) >= 11 is 1.41. The van der Waals surface area contributed by atoms with Crippen LogP contribution in [0.1, 0.15) is 16.7 Å². The van der Waals surface area contributed by atoms with Crippen LogP contribution in [0.5, 0.6) is 0 Å². The van der Waals surface area contributed by atoms with Crippen LogP contribution >= 0.6 is 11.3 Å². The molecule has 122 valence electrons. The van der Waals surface area contributed by atoms with Crippen molar-refractivity contribution in [2.75, 3.05) is 10.6 Å². The van der Waals surface area contributed by atoms with E-state index in [4.69, 9.17) is 0 Å². The second kappa shape index (κ2) is 6.84. The lowest BCUT2D eigenvalue weighted by Crippen LogP contribution is -2.19. The third-order valence-electron chi connectivity index (χ3n) is 3.92. The van der Waals surface area contributed by atoms with Gasteiger partial charge in [-0.2, -0.15) is 0 Å². The molecule has 0 aliphatic carbocycles. The Hall–Kier alpha value is -2.66. The summed E-state index contributed by atoms with van der Waals surface area (Å²) in [5, 5.41) is 8.16. The van der Waals surface area contributed by atoms with Gasteiger partial charge in [0.1, 0.15) is 0 Å². The Morgan fingerprint density at radius 2 is 1.75 bits per heavy atom. The molecule has 24 heavy (non-hydrogen) atoms. The van der Waals surface area contributed by atoms with E-state index >= 15 is 0 Å². The van der Waals surface area contributed by atoms with E-state index in [1.807, 2.05) is 36.6 Å². The summed E-state index contributed by atoms with van der Waals surface area (Å²) in [6.07, 6.45) is 0. The first kappa shape index (κ1) is 16.2. The zero-order valence-corrected chi connectivity index (χ0v) is 14.7.